The third-order valence-corrected chi connectivity index (χ3v) is 4.93. The molecule has 2 amide bonds. The zero-order chi connectivity index (χ0) is 15.9. The van der Waals surface area contributed by atoms with Crippen LogP contribution in [0, 0.1) is 5.92 Å². The molecule has 2 fully saturated rings. The fourth-order valence-electron chi connectivity index (χ4n) is 3.75. The molecule has 0 aromatic carbocycles. The van der Waals surface area contributed by atoms with Crippen molar-refractivity contribution in [2.75, 3.05) is 32.7 Å². The van der Waals surface area contributed by atoms with Crippen LogP contribution < -0.4 is 5.32 Å². The summed E-state index contributed by atoms with van der Waals surface area (Å²) >= 11 is 0. The number of nitrogens with one attached hydrogen (secondary N) is 1. The van der Waals surface area contributed by atoms with Crippen LogP contribution in [0.3, 0.4) is 0 Å². The molecular weight excluding hydrogens is 278 g/mol. The van der Waals surface area contributed by atoms with E-state index in [1.165, 1.54) is 45.6 Å². The summed E-state index contributed by atoms with van der Waals surface area (Å²) in [5.74, 6) is 0.763. The molecule has 0 radical (unpaired) electrons. The minimum Gasteiger partial charge on any atom is -0.345 e. The molecule has 5 nitrogen and oxygen atoms in total. The number of rotatable bonds is 4. The summed E-state index contributed by atoms with van der Waals surface area (Å²) in [5, 5.41) is 2.69. The quantitative estimate of drug-likeness (QED) is 0.859. The summed E-state index contributed by atoms with van der Waals surface area (Å²) in [7, 11) is 0. The van der Waals surface area contributed by atoms with E-state index in [1.807, 2.05) is 4.90 Å². The molecule has 1 atom stereocenters. The molecule has 1 unspecified atom stereocenters. The molecule has 1 saturated carbocycles. The van der Waals surface area contributed by atoms with Crippen LogP contribution in [0.4, 0.5) is 0 Å². The fraction of sp³-hybridized carbons (Fsp3) is 0.882. The van der Waals surface area contributed by atoms with Gasteiger partial charge in [0.15, 0.2) is 0 Å². The van der Waals surface area contributed by atoms with Crippen molar-refractivity contribution >= 4 is 11.8 Å². The van der Waals surface area contributed by atoms with E-state index in [-0.39, 0.29) is 11.8 Å². The van der Waals surface area contributed by atoms with Crippen molar-refractivity contribution in [2.24, 2.45) is 5.92 Å². The Bertz CT molecular complexity index is 380. The number of hydrogen-bond acceptors (Lipinski definition) is 3. The summed E-state index contributed by atoms with van der Waals surface area (Å²) < 4.78 is 0. The van der Waals surface area contributed by atoms with E-state index in [9.17, 15) is 9.59 Å². The molecule has 0 spiro atoms. The van der Waals surface area contributed by atoms with Crippen molar-refractivity contribution < 1.29 is 9.59 Å². The van der Waals surface area contributed by atoms with E-state index in [2.05, 4.69) is 10.2 Å². The Hall–Kier alpha value is -1.10. The maximum absolute atomic E-state index is 12.4. The van der Waals surface area contributed by atoms with Crippen molar-refractivity contribution in [3.8, 4) is 0 Å². The van der Waals surface area contributed by atoms with Gasteiger partial charge in [-0.05, 0) is 38.6 Å². The summed E-state index contributed by atoms with van der Waals surface area (Å²) in [6.45, 7) is 8.08. The minimum absolute atomic E-state index is 0.0507. The van der Waals surface area contributed by atoms with Crippen LogP contribution in [-0.4, -0.2) is 60.4 Å². The van der Waals surface area contributed by atoms with Gasteiger partial charge in [0, 0.05) is 33.1 Å². The Labute approximate surface area is 134 Å². The van der Waals surface area contributed by atoms with Gasteiger partial charge < -0.3 is 15.1 Å². The van der Waals surface area contributed by atoms with Crippen LogP contribution in [0.15, 0.2) is 0 Å². The van der Waals surface area contributed by atoms with Gasteiger partial charge in [0.1, 0.15) is 6.04 Å². The van der Waals surface area contributed by atoms with Crippen LogP contribution in [0.5, 0.6) is 0 Å². The Balaban J connectivity index is 1.78. The van der Waals surface area contributed by atoms with Crippen LogP contribution in [0.1, 0.15) is 52.4 Å². The first-order valence-electron chi connectivity index (χ1n) is 8.84. The highest BCUT2D eigenvalue weighted by molar-refractivity contribution is 5.86. The summed E-state index contributed by atoms with van der Waals surface area (Å²) in [5.41, 5.74) is 0. The molecular formula is C17H31N3O2. The van der Waals surface area contributed by atoms with Gasteiger partial charge >= 0.3 is 0 Å². The number of carbonyl (C=O) groups excluding carboxylic acids is 2. The zero-order valence-electron chi connectivity index (χ0n) is 14.1. The van der Waals surface area contributed by atoms with Crippen molar-refractivity contribution in [2.45, 2.75) is 58.4 Å². The predicted molar refractivity (Wildman–Crippen MR) is 87.5 cm³/mol. The van der Waals surface area contributed by atoms with Gasteiger partial charge in [0.2, 0.25) is 11.8 Å². The lowest BCUT2D eigenvalue weighted by Gasteiger charge is -2.29. The van der Waals surface area contributed by atoms with E-state index in [1.54, 1.807) is 6.92 Å². The van der Waals surface area contributed by atoms with Crippen LogP contribution in [0.2, 0.25) is 0 Å². The maximum Gasteiger partial charge on any atom is 0.244 e. The number of amides is 2. The molecule has 2 rings (SSSR count). The van der Waals surface area contributed by atoms with E-state index in [4.69, 9.17) is 0 Å². The third kappa shape index (κ3) is 5.27. The average Bonchev–Trinajstić information content (AvgIpc) is 2.72. The highest BCUT2D eigenvalue weighted by Crippen LogP contribution is 2.24. The molecule has 0 aromatic heterocycles. The average molecular weight is 309 g/mol. The van der Waals surface area contributed by atoms with Gasteiger partial charge in [0.05, 0.1) is 0 Å². The summed E-state index contributed by atoms with van der Waals surface area (Å²) in [6, 6.07) is -0.414. The van der Waals surface area contributed by atoms with Crippen molar-refractivity contribution in [3.63, 3.8) is 0 Å². The molecule has 126 valence electrons. The Kier molecular flexibility index (Phi) is 6.68. The van der Waals surface area contributed by atoms with Crippen molar-refractivity contribution in [1.29, 1.82) is 0 Å². The lowest BCUT2D eigenvalue weighted by Crippen LogP contribution is -2.47. The Morgan fingerprint density at radius 2 is 1.77 bits per heavy atom. The molecule has 1 N–H and O–H groups in total. The molecule has 2 aliphatic rings. The first kappa shape index (κ1) is 17.3. The van der Waals surface area contributed by atoms with Gasteiger partial charge in [-0.2, -0.15) is 0 Å². The maximum atomic E-state index is 12.4. The first-order chi connectivity index (χ1) is 10.6. The van der Waals surface area contributed by atoms with Gasteiger partial charge in [-0.15, -0.1) is 0 Å². The van der Waals surface area contributed by atoms with Gasteiger partial charge in [-0.1, -0.05) is 19.3 Å². The third-order valence-electron chi connectivity index (χ3n) is 4.93. The normalized spacial score (nSPS) is 22.9. The van der Waals surface area contributed by atoms with Gasteiger partial charge in [-0.3, -0.25) is 9.59 Å². The molecule has 1 heterocycles. The van der Waals surface area contributed by atoms with E-state index >= 15 is 0 Å². The molecule has 0 aromatic rings. The smallest absolute Gasteiger partial charge is 0.244 e. The summed E-state index contributed by atoms with van der Waals surface area (Å²) in [6.07, 6.45) is 7.96. The highest BCUT2D eigenvalue weighted by Gasteiger charge is 2.25. The Morgan fingerprint density at radius 1 is 1.05 bits per heavy atom. The SMILES string of the molecule is CC(=O)NC(C)C(=O)N1CCCN(CC2CCCCC2)CC1. The standard InChI is InChI=1S/C17H31N3O2/c1-14(18-15(2)21)17(22)20-10-6-9-19(11-12-20)13-16-7-4-3-5-8-16/h14,16H,3-13H2,1-2H3,(H,18,21). The van der Waals surface area contributed by atoms with E-state index in [0.717, 1.165) is 38.5 Å². The lowest BCUT2D eigenvalue weighted by molar-refractivity contribution is -0.135. The van der Waals surface area contributed by atoms with Crippen molar-refractivity contribution in [1.82, 2.24) is 15.1 Å². The summed E-state index contributed by atoms with van der Waals surface area (Å²) in [4.78, 5) is 27.9. The monoisotopic (exact) mass is 309 g/mol. The van der Waals surface area contributed by atoms with Gasteiger partial charge in [-0.25, -0.2) is 0 Å². The predicted octanol–water partition coefficient (Wildman–Crippen LogP) is 1.63. The molecule has 1 aliphatic heterocycles. The van der Waals surface area contributed by atoms with E-state index < -0.39 is 6.04 Å². The van der Waals surface area contributed by atoms with Crippen LogP contribution in [-0.2, 0) is 9.59 Å². The molecule has 22 heavy (non-hydrogen) atoms. The number of carbonyl (C=O) groups is 2. The highest BCUT2D eigenvalue weighted by atomic mass is 16.2. The first-order valence-corrected chi connectivity index (χ1v) is 8.84. The van der Waals surface area contributed by atoms with Crippen molar-refractivity contribution in [3.05, 3.63) is 0 Å². The molecule has 0 bridgehead atoms. The molecule has 5 heteroatoms. The largest absolute Gasteiger partial charge is 0.345 e. The number of hydrogen-bond donors (Lipinski definition) is 1. The van der Waals surface area contributed by atoms with E-state index in [0.29, 0.717) is 0 Å². The number of nitrogens with zero attached hydrogens (tertiary/aromatic N) is 2. The Morgan fingerprint density at radius 3 is 2.45 bits per heavy atom. The molecule has 1 saturated heterocycles. The van der Waals surface area contributed by atoms with Crippen LogP contribution >= 0.6 is 0 Å². The second kappa shape index (κ2) is 8.51. The zero-order valence-corrected chi connectivity index (χ0v) is 14.1. The fourth-order valence-corrected chi connectivity index (χ4v) is 3.75. The second-order valence-corrected chi connectivity index (χ2v) is 6.91. The topological polar surface area (TPSA) is 52.7 Å². The molecule has 1 aliphatic carbocycles. The van der Waals surface area contributed by atoms with Gasteiger partial charge in [0.25, 0.3) is 0 Å². The second-order valence-electron chi connectivity index (χ2n) is 6.91. The minimum atomic E-state index is -0.414. The van der Waals surface area contributed by atoms with Crippen LogP contribution in [0.25, 0.3) is 0 Å². The lowest BCUT2D eigenvalue weighted by atomic mass is 9.89.